The van der Waals surface area contributed by atoms with Crippen molar-refractivity contribution in [2.75, 3.05) is 6.61 Å². The maximum absolute atomic E-state index is 6.81. The highest BCUT2D eigenvalue weighted by Gasteiger charge is 2.34. The van der Waals surface area contributed by atoms with E-state index in [1.165, 1.54) is 52.6 Å². The average Bonchev–Trinajstić information content (AvgIpc) is 2.78. The van der Waals surface area contributed by atoms with Crippen LogP contribution in [0.15, 0.2) is 24.3 Å². The first-order valence-corrected chi connectivity index (χ1v) is 16.9. The molecule has 0 bridgehead atoms. The van der Waals surface area contributed by atoms with Gasteiger partial charge in [0, 0.05) is 12.0 Å². The van der Waals surface area contributed by atoms with Crippen LogP contribution in [0.5, 0.6) is 11.5 Å². The van der Waals surface area contributed by atoms with E-state index in [0.29, 0.717) is 6.61 Å². The molecule has 0 saturated carbocycles. The molecule has 0 fully saturated rings. The summed E-state index contributed by atoms with van der Waals surface area (Å²) in [6, 6.07) is 9.41. The van der Waals surface area contributed by atoms with Crippen molar-refractivity contribution in [3.63, 3.8) is 0 Å². The molecule has 0 aliphatic carbocycles. The molecule has 0 radical (unpaired) electrons. The molecular weight excluding hydrogens is 523 g/mol. The van der Waals surface area contributed by atoms with Crippen LogP contribution in [0.4, 0.5) is 0 Å². The van der Waals surface area contributed by atoms with Crippen LogP contribution in [0.2, 0.25) is 0 Å². The monoisotopic (exact) mass is 582 g/mol. The Morgan fingerprint density at radius 1 is 0.659 bits per heavy atom. The highest BCUT2D eigenvalue weighted by molar-refractivity contribution is 7.42. The Bertz CT molecular complexity index is 1180. The van der Waals surface area contributed by atoms with Crippen LogP contribution in [0, 0.1) is 5.92 Å². The summed E-state index contributed by atoms with van der Waals surface area (Å²) in [7, 11) is -1.61. The normalized spacial score (nSPS) is 16.4. The van der Waals surface area contributed by atoms with E-state index in [2.05, 4.69) is 121 Å². The van der Waals surface area contributed by atoms with E-state index in [0.717, 1.165) is 30.3 Å². The van der Waals surface area contributed by atoms with Crippen LogP contribution >= 0.6 is 8.60 Å². The van der Waals surface area contributed by atoms with Gasteiger partial charge in [0.2, 0.25) is 0 Å². The second kappa shape index (κ2) is 12.6. The fourth-order valence-electron chi connectivity index (χ4n) is 5.41. The van der Waals surface area contributed by atoms with Crippen LogP contribution in [0.3, 0.4) is 0 Å². The van der Waals surface area contributed by atoms with Gasteiger partial charge in [-0.15, -0.1) is 0 Å². The Kier molecular flexibility index (Phi) is 10.4. The third-order valence-electron chi connectivity index (χ3n) is 8.00. The Labute approximate surface area is 254 Å². The topological polar surface area (TPSA) is 27.7 Å². The summed E-state index contributed by atoms with van der Waals surface area (Å²) >= 11 is 0. The van der Waals surface area contributed by atoms with Crippen molar-refractivity contribution < 1.29 is 13.6 Å². The van der Waals surface area contributed by atoms with Gasteiger partial charge in [-0.25, -0.2) is 0 Å². The van der Waals surface area contributed by atoms with Gasteiger partial charge >= 0.3 is 8.60 Å². The molecule has 0 aromatic heterocycles. The van der Waals surface area contributed by atoms with Crippen LogP contribution in [-0.4, -0.2) is 6.61 Å². The lowest BCUT2D eigenvalue weighted by Gasteiger charge is -2.34. The van der Waals surface area contributed by atoms with Crippen molar-refractivity contribution in [3.8, 4) is 11.5 Å². The molecule has 0 N–H and O–H groups in total. The fraction of sp³-hybridized carbons (Fsp3) is 0.676. The summed E-state index contributed by atoms with van der Waals surface area (Å²) < 4.78 is 20.0. The van der Waals surface area contributed by atoms with Crippen LogP contribution in [0.25, 0.3) is 0 Å². The largest absolute Gasteiger partial charge is 0.463 e. The molecule has 0 spiro atoms. The minimum absolute atomic E-state index is 0.0129. The lowest BCUT2D eigenvalue weighted by molar-refractivity contribution is 0.254. The number of benzene rings is 2. The molecule has 4 heteroatoms. The van der Waals surface area contributed by atoms with Crippen molar-refractivity contribution >= 4 is 8.60 Å². The molecular formula is C37H59O3P. The minimum Gasteiger partial charge on any atom is -0.417 e. The molecule has 1 atom stereocenters. The number of unbranched alkanes of at least 4 members (excludes halogenated alkanes) is 2. The number of hydrogen-bond donors (Lipinski definition) is 0. The highest BCUT2D eigenvalue weighted by atomic mass is 31.2. The third-order valence-corrected chi connectivity index (χ3v) is 9.07. The van der Waals surface area contributed by atoms with E-state index in [1.54, 1.807) is 0 Å². The van der Waals surface area contributed by atoms with Crippen LogP contribution in [-0.2, 0) is 32.6 Å². The fourth-order valence-corrected chi connectivity index (χ4v) is 6.52. The minimum atomic E-state index is -1.61. The first kappa shape index (κ1) is 33.9. The van der Waals surface area contributed by atoms with Gasteiger partial charge in [0.15, 0.2) is 0 Å². The first-order chi connectivity index (χ1) is 18.7. The summed E-state index contributed by atoms with van der Waals surface area (Å²) in [4.78, 5) is 0. The van der Waals surface area contributed by atoms with Gasteiger partial charge in [-0.1, -0.05) is 134 Å². The van der Waals surface area contributed by atoms with Crippen LogP contribution < -0.4 is 9.05 Å². The number of fused-ring (bicyclic) bond motifs is 2. The molecule has 2 aromatic rings. The van der Waals surface area contributed by atoms with E-state index < -0.39 is 8.60 Å². The van der Waals surface area contributed by atoms with E-state index in [4.69, 9.17) is 13.6 Å². The molecule has 3 rings (SSSR count). The molecule has 41 heavy (non-hydrogen) atoms. The Balaban J connectivity index is 2.16. The molecule has 3 nitrogen and oxygen atoms in total. The molecule has 230 valence electrons. The van der Waals surface area contributed by atoms with Crippen molar-refractivity contribution in [1.29, 1.82) is 0 Å². The van der Waals surface area contributed by atoms with Crippen LogP contribution in [0.1, 0.15) is 156 Å². The molecule has 1 unspecified atom stereocenters. The second-order valence-electron chi connectivity index (χ2n) is 16.7. The summed E-state index contributed by atoms with van der Waals surface area (Å²) in [6.07, 6.45) is 5.45. The second-order valence-corrected chi connectivity index (χ2v) is 17.7. The van der Waals surface area contributed by atoms with Crippen molar-refractivity contribution in [2.45, 2.75) is 151 Å². The van der Waals surface area contributed by atoms with Gasteiger partial charge in [0.1, 0.15) is 11.5 Å². The zero-order valence-electron chi connectivity index (χ0n) is 28.8. The summed E-state index contributed by atoms with van der Waals surface area (Å²) in [6.45, 7) is 32.8. The zero-order valence-corrected chi connectivity index (χ0v) is 29.7. The summed E-state index contributed by atoms with van der Waals surface area (Å²) in [5.74, 6) is 2.59. The summed E-state index contributed by atoms with van der Waals surface area (Å²) in [5, 5.41) is 0. The van der Waals surface area contributed by atoms with Gasteiger partial charge in [-0.05, 0) is 67.9 Å². The smallest absolute Gasteiger partial charge is 0.417 e. The van der Waals surface area contributed by atoms with E-state index in [9.17, 15) is 0 Å². The van der Waals surface area contributed by atoms with Gasteiger partial charge < -0.3 is 9.05 Å². The van der Waals surface area contributed by atoms with Crippen molar-refractivity contribution in [2.24, 2.45) is 5.92 Å². The van der Waals surface area contributed by atoms with Crippen molar-refractivity contribution in [3.05, 3.63) is 57.6 Å². The average molecular weight is 583 g/mol. The first-order valence-electron chi connectivity index (χ1n) is 15.8. The standard InChI is InChI=1S/C37H59O3P/c1-25(2)18-16-15-17-19-38-41-39-32-24-30(36(9,10)11)29(35(6,7)8)22-26(32)20-27-21-28(34(3,4)5)23-31(33(27)40-41)37(12,13)14/h21-25H,15-20H2,1-14H3. The molecule has 1 heterocycles. The van der Waals surface area contributed by atoms with E-state index in [1.807, 2.05) is 0 Å². The molecule has 1 aliphatic heterocycles. The lowest BCUT2D eigenvalue weighted by atomic mass is 9.74. The SMILES string of the molecule is CC(C)CCCCCOP1Oc2cc(C(C)(C)C)c(C(C)(C)C)cc2Cc2cc(C(C)(C)C)cc(C(C)(C)C)c2O1. The molecule has 0 amide bonds. The van der Waals surface area contributed by atoms with E-state index in [-0.39, 0.29) is 21.7 Å². The Hall–Kier alpha value is -1.57. The van der Waals surface area contributed by atoms with Gasteiger partial charge in [0.05, 0.1) is 6.61 Å². The van der Waals surface area contributed by atoms with Gasteiger partial charge in [-0.3, -0.25) is 4.52 Å². The maximum Gasteiger partial charge on any atom is 0.463 e. The Morgan fingerprint density at radius 3 is 1.78 bits per heavy atom. The molecule has 2 aromatic carbocycles. The maximum atomic E-state index is 6.81. The predicted molar refractivity (Wildman–Crippen MR) is 178 cm³/mol. The third kappa shape index (κ3) is 8.96. The highest BCUT2D eigenvalue weighted by Crippen LogP contribution is 2.52. The van der Waals surface area contributed by atoms with Gasteiger partial charge in [0.25, 0.3) is 0 Å². The number of hydrogen-bond acceptors (Lipinski definition) is 3. The zero-order chi connectivity index (χ0) is 31.0. The van der Waals surface area contributed by atoms with E-state index >= 15 is 0 Å². The Morgan fingerprint density at radius 2 is 1.24 bits per heavy atom. The molecule has 0 saturated heterocycles. The number of rotatable bonds is 7. The van der Waals surface area contributed by atoms with Crippen molar-refractivity contribution in [1.82, 2.24) is 0 Å². The van der Waals surface area contributed by atoms with Gasteiger partial charge in [-0.2, -0.15) is 0 Å². The molecule has 1 aliphatic rings. The quantitative estimate of drug-likeness (QED) is 0.240. The summed E-state index contributed by atoms with van der Waals surface area (Å²) in [5.41, 5.74) is 7.66. The lowest BCUT2D eigenvalue weighted by Crippen LogP contribution is -2.23. The predicted octanol–water partition coefficient (Wildman–Crippen LogP) is 11.7.